The largest absolute Gasteiger partial charge is 0.452 e. The highest BCUT2D eigenvalue weighted by atomic mass is 79.9. The molecule has 1 N–H and O–H groups in total. The molecule has 0 radical (unpaired) electrons. The summed E-state index contributed by atoms with van der Waals surface area (Å²) in [4.78, 5) is 27.5. The Bertz CT molecular complexity index is 722. The molecule has 5 nitrogen and oxygen atoms in total. The summed E-state index contributed by atoms with van der Waals surface area (Å²) in [6.45, 7) is 1.44. The Morgan fingerprint density at radius 2 is 2.09 bits per heavy atom. The standard InChI is InChI=1S/C15H12BrClN2O3/c1-9-4-12(17)2-3-13(9)19-14(20)8-22-15(21)10-5-11(16)7-18-6-10/h2-7H,8H2,1H3,(H,19,20). The number of amides is 1. The zero-order chi connectivity index (χ0) is 16.1. The van der Waals surface area contributed by atoms with Gasteiger partial charge in [-0.15, -0.1) is 0 Å². The van der Waals surface area contributed by atoms with Crippen molar-refractivity contribution in [1.82, 2.24) is 4.98 Å². The highest BCUT2D eigenvalue weighted by Gasteiger charge is 2.12. The van der Waals surface area contributed by atoms with Crippen LogP contribution in [0.25, 0.3) is 0 Å². The Morgan fingerprint density at radius 1 is 1.32 bits per heavy atom. The Morgan fingerprint density at radius 3 is 2.77 bits per heavy atom. The van der Waals surface area contributed by atoms with E-state index < -0.39 is 11.9 Å². The van der Waals surface area contributed by atoms with Gasteiger partial charge in [-0.1, -0.05) is 11.6 Å². The lowest BCUT2D eigenvalue weighted by atomic mass is 10.2. The third kappa shape index (κ3) is 4.54. The average Bonchev–Trinajstić information content (AvgIpc) is 2.47. The molecule has 0 saturated carbocycles. The third-order valence-electron chi connectivity index (χ3n) is 2.74. The number of hydrogen-bond acceptors (Lipinski definition) is 4. The lowest BCUT2D eigenvalue weighted by Crippen LogP contribution is -2.21. The maximum Gasteiger partial charge on any atom is 0.340 e. The van der Waals surface area contributed by atoms with E-state index in [1.165, 1.54) is 6.20 Å². The lowest BCUT2D eigenvalue weighted by Gasteiger charge is -2.09. The van der Waals surface area contributed by atoms with Gasteiger partial charge in [-0.3, -0.25) is 9.78 Å². The van der Waals surface area contributed by atoms with Gasteiger partial charge in [-0.05, 0) is 52.7 Å². The highest BCUT2D eigenvalue weighted by Crippen LogP contribution is 2.19. The predicted octanol–water partition coefficient (Wildman–Crippen LogP) is 3.60. The highest BCUT2D eigenvalue weighted by molar-refractivity contribution is 9.10. The van der Waals surface area contributed by atoms with Gasteiger partial charge in [0.05, 0.1) is 5.56 Å². The van der Waals surface area contributed by atoms with Crippen molar-refractivity contribution < 1.29 is 14.3 Å². The van der Waals surface area contributed by atoms with Crippen molar-refractivity contribution in [3.8, 4) is 0 Å². The van der Waals surface area contributed by atoms with Crippen LogP contribution in [0.4, 0.5) is 5.69 Å². The molecule has 7 heteroatoms. The van der Waals surface area contributed by atoms with Crippen molar-refractivity contribution in [2.45, 2.75) is 6.92 Å². The minimum atomic E-state index is -0.614. The van der Waals surface area contributed by atoms with E-state index in [2.05, 4.69) is 26.2 Å². The van der Waals surface area contributed by atoms with Gasteiger partial charge in [0, 0.05) is 27.6 Å². The number of aromatic nitrogens is 1. The van der Waals surface area contributed by atoms with Crippen LogP contribution in [0.1, 0.15) is 15.9 Å². The first-order valence-corrected chi connectivity index (χ1v) is 7.46. The van der Waals surface area contributed by atoms with Gasteiger partial charge >= 0.3 is 5.97 Å². The average molecular weight is 384 g/mol. The molecular formula is C15H12BrClN2O3. The van der Waals surface area contributed by atoms with Crippen LogP contribution in [0.3, 0.4) is 0 Å². The van der Waals surface area contributed by atoms with Gasteiger partial charge in [0.2, 0.25) is 0 Å². The van der Waals surface area contributed by atoms with Gasteiger partial charge < -0.3 is 10.1 Å². The summed E-state index contributed by atoms with van der Waals surface area (Å²) >= 11 is 9.05. The number of nitrogens with zero attached hydrogens (tertiary/aromatic N) is 1. The van der Waals surface area contributed by atoms with Crippen LogP contribution in [0.2, 0.25) is 5.02 Å². The number of ether oxygens (including phenoxy) is 1. The maximum atomic E-state index is 11.8. The molecular weight excluding hydrogens is 372 g/mol. The quantitative estimate of drug-likeness (QED) is 0.819. The number of carbonyl (C=O) groups excluding carboxylic acids is 2. The smallest absolute Gasteiger partial charge is 0.340 e. The fourth-order valence-corrected chi connectivity index (χ4v) is 2.28. The second-order valence-electron chi connectivity index (χ2n) is 4.48. The van der Waals surface area contributed by atoms with Gasteiger partial charge in [0.15, 0.2) is 6.61 Å². The summed E-state index contributed by atoms with van der Waals surface area (Å²) in [6, 6.07) is 6.66. The number of halogens is 2. The van der Waals surface area contributed by atoms with E-state index >= 15 is 0 Å². The molecule has 22 heavy (non-hydrogen) atoms. The molecule has 0 bridgehead atoms. The predicted molar refractivity (Wildman–Crippen MR) is 87.0 cm³/mol. The van der Waals surface area contributed by atoms with Crippen molar-refractivity contribution in [1.29, 1.82) is 0 Å². The molecule has 0 saturated heterocycles. The van der Waals surface area contributed by atoms with Gasteiger partial charge in [0.1, 0.15) is 0 Å². The van der Waals surface area contributed by atoms with Crippen LogP contribution in [0.15, 0.2) is 41.1 Å². The summed E-state index contributed by atoms with van der Waals surface area (Å²) in [5.74, 6) is -1.04. The van der Waals surface area contributed by atoms with E-state index in [4.69, 9.17) is 16.3 Å². The number of nitrogens with one attached hydrogen (secondary N) is 1. The van der Waals surface area contributed by atoms with E-state index in [0.717, 1.165) is 5.56 Å². The second-order valence-corrected chi connectivity index (χ2v) is 5.83. The zero-order valence-corrected chi connectivity index (χ0v) is 13.9. The molecule has 114 valence electrons. The van der Waals surface area contributed by atoms with Crippen molar-refractivity contribution in [3.05, 3.63) is 57.3 Å². The lowest BCUT2D eigenvalue weighted by molar-refractivity contribution is -0.119. The number of esters is 1. The Kier molecular flexibility index (Phi) is 5.51. The van der Waals surface area contributed by atoms with E-state index in [9.17, 15) is 9.59 Å². The van der Waals surface area contributed by atoms with Crippen LogP contribution in [-0.4, -0.2) is 23.5 Å². The summed E-state index contributed by atoms with van der Waals surface area (Å²) in [7, 11) is 0. The number of hydrogen-bond donors (Lipinski definition) is 1. The van der Waals surface area contributed by atoms with Crippen LogP contribution < -0.4 is 5.32 Å². The van der Waals surface area contributed by atoms with Crippen LogP contribution in [-0.2, 0) is 9.53 Å². The minimum absolute atomic E-state index is 0.268. The SMILES string of the molecule is Cc1cc(Cl)ccc1NC(=O)COC(=O)c1cncc(Br)c1. The number of benzene rings is 1. The molecule has 1 aromatic carbocycles. The summed E-state index contributed by atoms with van der Waals surface area (Å²) in [5.41, 5.74) is 1.71. The molecule has 0 aliphatic heterocycles. The van der Waals surface area contributed by atoms with Crippen LogP contribution in [0.5, 0.6) is 0 Å². The molecule has 0 unspecified atom stereocenters. The van der Waals surface area contributed by atoms with Crippen LogP contribution >= 0.6 is 27.5 Å². The summed E-state index contributed by atoms with van der Waals surface area (Å²) in [5, 5.41) is 3.24. The fourth-order valence-electron chi connectivity index (χ4n) is 1.69. The topological polar surface area (TPSA) is 68.3 Å². The molecule has 1 heterocycles. The molecule has 0 atom stereocenters. The third-order valence-corrected chi connectivity index (χ3v) is 3.41. The van der Waals surface area contributed by atoms with E-state index in [1.807, 2.05) is 6.92 Å². The Hall–Kier alpha value is -1.92. The van der Waals surface area contributed by atoms with Crippen molar-refractivity contribution >= 4 is 45.1 Å². The second kappa shape index (κ2) is 7.38. The Labute approximate surface area is 140 Å². The number of rotatable bonds is 4. The minimum Gasteiger partial charge on any atom is -0.452 e. The first-order chi connectivity index (χ1) is 10.5. The van der Waals surface area contributed by atoms with Crippen molar-refractivity contribution in [3.63, 3.8) is 0 Å². The van der Waals surface area contributed by atoms with Gasteiger partial charge in [-0.25, -0.2) is 4.79 Å². The van der Waals surface area contributed by atoms with Gasteiger partial charge in [-0.2, -0.15) is 0 Å². The van der Waals surface area contributed by atoms with Crippen molar-refractivity contribution in [2.75, 3.05) is 11.9 Å². The molecule has 0 spiro atoms. The molecule has 0 fully saturated rings. The van der Waals surface area contributed by atoms with E-state index in [-0.39, 0.29) is 12.2 Å². The van der Waals surface area contributed by atoms with Gasteiger partial charge in [0.25, 0.3) is 5.91 Å². The number of carbonyl (C=O) groups is 2. The van der Waals surface area contributed by atoms with Crippen molar-refractivity contribution in [2.24, 2.45) is 0 Å². The Balaban J connectivity index is 1.91. The summed E-state index contributed by atoms with van der Waals surface area (Å²) in [6.07, 6.45) is 2.92. The number of aryl methyl sites for hydroxylation is 1. The van der Waals surface area contributed by atoms with E-state index in [1.54, 1.807) is 30.5 Å². The monoisotopic (exact) mass is 382 g/mol. The maximum absolute atomic E-state index is 11.8. The fraction of sp³-hybridized carbons (Fsp3) is 0.133. The molecule has 2 aromatic rings. The molecule has 1 aromatic heterocycles. The van der Waals surface area contributed by atoms with E-state index in [0.29, 0.717) is 15.2 Å². The molecule has 2 rings (SSSR count). The first kappa shape index (κ1) is 16.5. The molecule has 0 aliphatic carbocycles. The number of anilines is 1. The molecule has 1 amide bonds. The summed E-state index contributed by atoms with van der Waals surface area (Å²) < 4.78 is 5.60. The zero-order valence-electron chi connectivity index (χ0n) is 11.6. The first-order valence-electron chi connectivity index (χ1n) is 6.29. The normalized spacial score (nSPS) is 10.1. The van der Waals surface area contributed by atoms with Crippen LogP contribution in [0, 0.1) is 6.92 Å². The molecule has 0 aliphatic rings. The number of pyridine rings is 1.